The molecule has 1 aromatic heterocycles. The number of carbonyl (C=O) groups is 1. The van der Waals surface area contributed by atoms with Crippen molar-refractivity contribution in [2.45, 2.75) is 17.7 Å². The lowest BCUT2D eigenvalue weighted by Crippen LogP contribution is -2.27. The second kappa shape index (κ2) is 6.97. The third kappa shape index (κ3) is 3.74. The molecule has 2 N–H and O–H groups in total. The maximum atomic E-state index is 12.5. The van der Waals surface area contributed by atoms with Gasteiger partial charge in [-0.25, -0.2) is 8.42 Å². The number of amides is 1. The van der Waals surface area contributed by atoms with Gasteiger partial charge in [-0.15, -0.1) is 0 Å². The van der Waals surface area contributed by atoms with Crippen molar-refractivity contribution in [2.24, 2.45) is 0 Å². The maximum absolute atomic E-state index is 12.5. The molecule has 1 aromatic carbocycles. The minimum atomic E-state index is -3.84. The van der Waals surface area contributed by atoms with E-state index in [9.17, 15) is 13.2 Å². The first-order valence-corrected chi connectivity index (χ1v) is 9.61. The van der Waals surface area contributed by atoms with Crippen LogP contribution in [0.5, 0.6) is 5.75 Å². The van der Waals surface area contributed by atoms with Gasteiger partial charge in [0, 0.05) is 19.3 Å². The zero-order valence-electron chi connectivity index (χ0n) is 13.6. The highest BCUT2D eigenvalue weighted by Crippen LogP contribution is 2.28. The van der Waals surface area contributed by atoms with E-state index in [-0.39, 0.29) is 16.5 Å². The fraction of sp³-hybridized carbons (Fsp3) is 0.312. The Bertz CT molecular complexity index is 889. The quantitative estimate of drug-likeness (QED) is 0.830. The van der Waals surface area contributed by atoms with Crippen molar-refractivity contribution in [3.8, 4) is 5.75 Å². The number of anilines is 1. The van der Waals surface area contributed by atoms with Crippen LogP contribution in [0.2, 0.25) is 5.02 Å². The van der Waals surface area contributed by atoms with Crippen LogP contribution in [-0.2, 0) is 10.0 Å². The molecule has 1 aliphatic rings. The maximum Gasteiger partial charge on any atom is 0.270 e. The van der Waals surface area contributed by atoms with Crippen LogP contribution in [-0.4, -0.2) is 44.4 Å². The molecule has 25 heavy (non-hydrogen) atoms. The monoisotopic (exact) mass is 383 g/mol. The van der Waals surface area contributed by atoms with Gasteiger partial charge in [0.05, 0.1) is 17.8 Å². The van der Waals surface area contributed by atoms with Crippen LogP contribution in [0, 0.1) is 0 Å². The predicted molar refractivity (Wildman–Crippen MR) is 94.7 cm³/mol. The van der Waals surface area contributed by atoms with Gasteiger partial charge in [0.15, 0.2) is 0 Å². The van der Waals surface area contributed by atoms with E-state index in [4.69, 9.17) is 16.3 Å². The number of halogens is 1. The highest BCUT2D eigenvalue weighted by Gasteiger charge is 2.23. The highest BCUT2D eigenvalue weighted by molar-refractivity contribution is 7.92. The smallest absolute Gasteiger partial charge is 0.270 e. The number of carbonyl (C=O) groups excluding carboxylic acids is 1. The van der Waals surface area contributed by atoms with Crippen LogP contribution in [0.3, 0.4) is 0 Å². The number of benzene rings is 1. The molecule has 3 rings (SSSR count). The Labute approximate surface area is 151 Å². The number of nitrogens with one attached hydrogen (secondary N) is 2. The Balaban J connectivity index is 1.78. The van der Waals surface area contributed by atoms with Gasteiger partial charge in [0.2, 0.25) is 0 Å². The first-order chi connectivity index (χ1) is 11.9. The first kappa shape index (κ1) is 17.6. The number of ether oxygens (including phenoxy) is 1. The molecule has 7 nitrogen and oxygen atoms in total. The molecule has 1 aliphatic heterocycles. The normalized spacial score (nSPS) is 14.6. The molecular weight excluding hydrogens is 366 g/mol. The van der Waals surface area contributed by atoms with E-state index < -0.39 is 10.0 Å². The third-order valence-corrected chi connectivity index (χ3v) is 5.65. The molecule has 0 unspecified atom stereocenters. The topological polar surface area (TPSA) is 91.5 Å². The standard InChI is InChI=1S/C16H18ClN3O4S/c1-24-15-5-4-11(8-13(15)17)19-25(22,23)12-9-14(18-10-12)16(21)20-6-2-3-7-20/h4-5,8-10,18-19H,2-3,6-7H2,1H3. The van der Waals surface area contributed by atoms with Crippen molar-refractivity contribution in [1.29, 1.82) is 0 Å². The van der Waals surface area contributed by atoms with Crippen molar-refractivity contribution in [3.05, 3.63) is 41.2 Å². The minimum absolute atomic E-state index is 0.0120. The Morgan fingerprint density at radius 2 is 2.00 bits per heavy atom. The van der Waals surface area contributed by atoms with Crippen molar-refractivity contribution in [3.63, 3.8) is 0 Å². The average molecular weight is 384 g/mol. The Hall–Kier alpha value is -2.19. The van der Waals surface area contributed by atoms with Gasteiger partial charge in [0.1, 0.15) is 16.3 Å². The van der Waals surface area contributed by atoms with Crippen LogP contribution in [0.25, 0.3) is 0 Å². The van der Waals surface area contributed by atoms with Crippen LogP contribution in [0.4, 0.5) is 5.69 Å². The number of aromatic nitrogens is 1. The van der Waals surface area contributed by atoms with Crippen LogP contribution in [0.15, 0.2) is 35.4 Å². The summed E-state index contributed by atoms with van der Waals surface area (Å²) in [7, 11) is -2.36. The molecule has 0 atom stereocenters. The molecule has 0 aliphatic carbocycles. The van der Waals surface area contributed by atoms with Crippen LogP contribution >= 0.6 is 11.6 Å². The van der Waals surface area contributed by atoms with Gasteiger partial charge in [0.25, 0.3) is 15.9 Å². The Morgan fingerprint density at radius 3 is 2.64 bits per heavy atom. The van der Waals surface area contributed by atoms with E-state index in [0.29, 0.717) is 29.5 Å². The van der Waals surface area contributed by atoms with Crippen molar-refractivity contribution in [2.75, 3.05) is 24.9 Å². The van der Waals surface area contributed by atoms with Crippen LogP contribution in [0.1, 0.15) is 23.3 Å². The number of aromatic amines is 1. The summed E-state index contributed by atoms with van der Waals surface area (Å²) < 4.78 is 32.5. The van der Waals surface area contributed by atoms with Crippen molar-refractivity contribution < 1.29 is 17.9 Å². The number of likely N-dealkylation sites (tertiary alicyclic amines) is 1. The molecule has 134 valence electrons. The van der Waals surface area contributed by atoms with Gasteiger partial charge in [-0.3, -0.25) is 9.52 Å². The lowest BCUT2D eigenvalue weighted by Gasteiger charge is -2.13. The second-order valence-corrected chi connectivity index (χ2v) is 7.79. The number of hydrogen-bond donors (Lipinski definition) is 2. The number of methoxy groups -OCH3 is 1. The van der Waals surface area contributed by atoms with E-state index in [2.05, 4.69) is 9.71 Å². The largest absolute Gasteiger partial charge is 0.495 e. The summed E-state index contributed by atoms with van der Waals surface area (Å²) in [6, 6.07) is 5.92. The molecule has 0 radical (unpaired) electrons. The van der Waals surface area contributed by atoms with E-state index in [1.165, 1.54) is 25.4 Å². The average Bonchev–Trinajstić information content (AvgIpc) is 3.26. The summed E-state index contributed by atoms with van der Waals surface area (Å²) in [6.07, 6.45) is 3.24. The minimum Gasteiger partial charge on any atom is -0.495 e. The number of sulfonamides is 1. The fourth-order valence-corrected chi connectivity index (χ4v) is 3.99. The van der Waals surface area contributed by atoms with Crippen LogP contribution < -0.4 is 9.46 Å². The summed E-state index contributed by atoms with van der Waals surface area (Å²) in [5.74, 6) is 0.260. The molecule has 1 amide bonds. The fourth-order valence-electron chi connectivity index (χ4n) is 2.69. The van der Waals surface area contributed by atoms with Gasteiger partial charge >= 0.3 is 0 Å². The molecule has 2 aromatic rings. The zero-order chi connectivity index (χ0) is 18.0. The first-order valence-electron chi connectivity index (χ1n) is 7.75. The summed E-state index contributed by atoms with van der Waals surface area (Å²) in [6.45, 7) is 1.39. The van der Waals surface area contributed by atoms with E-state index >= 15 is 0 Å². The molecule has 2 heterocycles. The molecule has 9 heteroatoms. The SMILES string of the molecule is COc1ccc(NS(=O)(=O)c2c[nH]c(C(=O)N3CCCC3)c2)cc1Cl. The molecule has 1 saturated heterocycles. The summed E-state index contributed by atoms with van der Waals surface area (Å²) in [5, 5.41) is 0.293. The van der Waals surface area contributed by atoms with Gasteiger partial charge < -0.3 is 14.6 Å². The summed E-state index contributed by atoms with van der Waals surface area (Å²) in [5.41, 5.74) is 0.564. The van der Waals surface area contributed by atoms with Gasteiger partial charge in [-0.05, 0) is 37.1 Å². The lowest BCUT2D eigenvalue weighted by molar-refractivity contribution is 0.0787. The predicted octanol–water partition coefficient (Wildman–Crippen LogP) is 2.71. The van der Waals surface area contributed by atoms with Crippen molar-refractivity contribution >= 4 is 33.2 Å². The molecular formula is C16H18ClN3O4S. The lowest BCUT2D eigenvalue weighted by atomic mass is 10.3. The number of rotatable bonds is 5. The molecule has 1 fully saturated rings. The Morgan fingerprint density at radius 1 is 1.28 bits per heavy atom. The molecule has 0 bridgehead atoms. The number of H-pyrrole nitrogens is 1. The van der Waals surface area contributed by atoms with Gasteiger partial charge in [-0.2, -0.15) is 0 Å². The molecule has 0 spiro atoms. The highest BCUT2D eigenvalue weighted by atomic mass is 35.5. The summed E-state index contributed by atoms with van der Waals surface area (Å²) in [4.78, 5) is 16.8. The van der Waals surface area contributed by atoms with Crippen molar-refractivity contribution in [1.82, 2.24) is 9.88 Å². The Kier molecular flexibility index (Phi) is 4.91. The summed E-state index contributed by atoms with van der Waals surface area (Å²) >= 11 is 6.01. The number of nitrogens with zero attached hydrogens (tertiary/aromatic N) is 1. The zero-order valence-corrected chi connectivity index (χ0v) is 15.2. The third-order valence-electron chi connectivity index (χ3n) is 3.99. The van der Waals surface area contributed by atoms with Gasteiger partial charge in [-0.1, -0.05) is 11.6 Å². The van der Waals surface area contributed by atoms with E-state index in [1.807, 2.05) is 0 Å². The molecule has 0 saturated carbocycles. The van der Waals surface area contributed by atoms with E-state index in [1.54, 1.807) is 17.0 Å². The second-order valence-electron chi connectivity index (χ2n) is 5.70. The van der Waals surface area contributed by atoms with E-state index in [0.717, 1.165) is 12.8 Å². The number of hydrogen-bond acceptors (Lipinski definition) is 4.